The van der Waals surface area contributed by atoms with E-state index < -0.39 is 0 Å². The number of rotatable bonds is 7. The Bertz CT molecular complexity index is 1090. The highest BCUT2D eigenvalue weighted by Crippen LogP contribution is 2.32. The minimum atomic E-state index is -0.328. The van der Waals surface area contributed by atoms with Gasteiger partial charge in [0, 0.05) is 37.2 Å². The van der Waals surface area contributed by atoms with E-state index in [1.54, 1.807) is 12.1 Å². The van der Waals surface area contributed by atoms with Crippen molar-refractivity contribution >= 4 is 5.91 Å². The van der Waals surface area contributed by atoms with Crippen molar-refractivity contribution in [1.82, 2.24) is 19.6 Å². The SMILES string of the molecule is CCN1CCc2c(c(CN(CC3CC3)C(=O)c3ccc(F)cc3)nn2-c2ccccc2)C1. The number of benzene rings is 2. The standard InChI is InChI=1S/C26H29FN4O/c1-2-29-15-14-25-23(17-29)24(28-31(25)22-6-4-3-5-7-22)18-30(16-19-8-9-19)26(32)20-10-12-21(27)13-11-20/h3-7,10-13,19H,2,8-9,14-18H2,1H3. The molecule has 0 radical (unpaired) electrons. The molecule has 0 spiro atoms. The van der Waals surface area contributed by atoms with Gasteiger partial charge in [0.15, 0.2) is 0 Å². The molecule has 0 unspecified atom stereocenters. The molecule has 0 saturated heterocycles. The van der Waals surface area contributed by atoms with Crippen LogP contribution in [0.15, 0.2) is 54.6 Å². The lowest BCUT2D eigenvalue weighted by molar-refractivity contribution is 0.0731. The zero-order valence-electron chi connectivity index (χ0n) is 18.5. The fourth-order valence-corrected chi connectivity index (χ4v) is 4.51. The number of halogens is 1. The summed E-state index contributed by atoms with van der Waals surface area (Å²) in [5.41, 5.74) is 5.04. The maximum atomic E-state index is 13.4. The van der Waals surface area contributed by atoms with E-state index in [4.69, 9.17) is 5.10 Å². The molecule has 6 heteroatoms. The van der Waals surface area contributed by atoms with Crippen LogP contribution in [0.4, 0.5) is 4.39 Å². The summed E-state index contributed by atoms with van der Waals surface area (Å²) in [4.78, 5) is 17.7. The Kier molecular flexibility index (Phi) is 5.79. The molecule has 1 aliphatic carbocycles. The summed E-state index contributed by atoms with van der Waals surface area (Å²) in [6.07, 6.45) is 3.26. The van der Waals surface area contributed by atoms with Crippen molar-refractivity contribution in [3.05, 3.63) is 82.9 Å². The molecular formula is C26H29FN4O. The van der Waals surface area contributed by atoms with Crippen molar-refractivity contribution < 1.29 is 9.18 Å². The van der Waals surface area contributed by atoms with Gasteiger partial charge < -0.3 is 4.90 Å². The van der Waals surface area contributed by atoms with Gasteiger partial charge in [0.25, 0.3) is 5.91 Å². The van der Waals surface area contributed by atoms with Crippen LogP contribution in [0.25, 0.3) is 5.69 Å². The van der Waals surface area contributed by atoms with Gasteiger partial charge in [-0.05, 0) is 61.7 Å². The van der Waals surface area contributed by atoms with Gasteiger partial charge in [0.2, 0.25) is 0 Å². The summed E-state index contributed by atoms with van der Waals surface area (Å²) < 4.78 is 15.5. The highest BCUT2D eigenvalue weighted by Gasteiger charge is 2.31. The Hall–Kier alpha value is -2.99. The van der Waals surface area contributed by atoms with Crippen LogP contribution < -0.4 is 0 Å². The van der Waals surface area contributed by atoms with E-state index >= 15 is 0 Å². The monoisotopic (exact) mass is 432 g/mol. The first kappa shape index (κ1) is 20.9. The first-order chi connectivity index (χ1) is 15.6. The maximum Gasteiger partial charge on any atom is 0.254 e. The molecule has 0 bridgehead atoms. The fraction of sp³-hybridized carbons (Fsp3) is 0.385. The summed E-state index contributed by atoms with van der Waals surface area (Å²) in [5.74, 6) is 0.173. The number of nitrogens with zero attached hydrogens (tertiary/aromatic N) is 4. The van der Waals surface area contributed by atoms with Crippen molar-refractivity contribution in [2.45, 2.75) is 39.3 Å². The summed E-state index contributed by atoms with van der Waals surface area (Å²) in [7, 11) is 0. The second-order valence-electron chi connectivity index (χ2n) is 8.87. The third-order valence-corrected chi connectivity index (χ3v) is 6.56. The van der Waals surface area contributed by atoms with Crippen LogP contribution >= 0.6 is 0 Å². The third kappa shape index (κ3) is 4.32. The molecule has 166 valence electrons. The second-order valence-corrected chi connectivity index (χ2v) is 8.87. The highest BCUT2D eigenvalue weighted by molar-refractivity contribution is 5.94. The molecule has 1 saturated carbocycles. The van der Waals surface area contributed by atoms with Gasteiger partial charge in [-0.3, -0.25) is 9.69 Å². The zero-order valence-corrected chi connectivity index (χ0v) is 18.5. The topological polar surface area (TPSA) is 41.4 Å². The lowest BCUT2D eigenvalue weighted by Gasteiger charge is -2.27. The quantitative estimate of drug-likeness (QED) is 0.554. The predicted octanol–water partition coefficient (Wildman–Crippen LogP) is 4.44. The van der Waals surface area contributed by atoms with E-state index in [-0.39, 0.29) is 11.7 Å². The molecule has 0 N–H and O–H groups in total. The number of para-hydroxylation sites is 1. The molecule has 0 atom stereocenters. The predicted molar refractivity (Wildman–Crippen MR) is 122 cm³/mol. The van der Waals surface area contributed by atoms with Crippen LogP contribution in [0.3, 0.4) is 0 Å². The lowest BCUT2D eigenvalue weighted by atomic mass is 10.0. The van der Waals surface area contributed by atoms with Crippen LogP contribution in [0, 0.1) is 11.7 Å². The number of carbonyl (C=O) groups is 1. The van der Waals surface area contributed by atoms with E-state index in [9.17, 15) is 9.18 Å². The Morgan fingerprint density at radius 3 is 2.56 bits per heavy atom. The van der Waals surface area contributed by atoms with Crippen molar-refractivity contribution in [2.24, 2.45) is 5.92 Å². The molecule has 1 amide bonds. The van der Waals surface area contributed by atoms with Gasteiger partial charge in [0.05, 0.1) is 23.6 Å². The lowest BCUT2D eigenvalue weighted by Crippen LogP contribution is -2.34. The first-order valence-corrected chi connectivity index (χ1v) is 11.5. The molecule has 1 fully saturated rings. The van der Waals surface area contributed by atoms with Crippen LogP contribution in [-0.2, 0) is 19.5 Å². The van der Waals surface area contributed by atoms with Crippen LogP contribution in [0.5, 0.6) is 0 Å². The van der Waals surface area contributed by atoms with E-state index in [2.05, 4.69) is 28.6 Å². The Morgan fingerprint density at radius 1 is 1.12 bits per heavy atom. The van der Waals surface area contributed by atoms with Gasteiger partial charge in [0.1, 0.15) is 5.82 Å². The van der Waals surface area contributed by atoms with Crippen molar-refractivity contribution in [1.29, 1.82) is 0 Å². The zero-order chi connectivity index (χ0) is 22.1. The molecule has 2 aliphatic rings. The molecule has 5 rings (SSSR count). The summed E-state index contributed by atoms with van der Waals surface area (Å²) >= 11 is 0. The summed E-state index contributed by atoms with van der Waals surface area (Å²) in [6, 6.07) is 16.1. The van der Waals surface area contributed by atoms with Crippen molar-refractivity contribution in [3.63, 3.8) is 0 Å². The van der Waals surface area contributed by atoms with Crippen molar-refractivity contribution in [2.75, 3.05) is 19.6 Å². The van der Waals surface area contributed by atoms with Gasteiger partial charge in [-0.2, -0.15) is 5.10 Å². The minimum Gasteiger partial charge on any atom is -0.332 e. The van der Waals surface area contributed by atoms with Gasteiger partial charge in [-0.15, -0.1) is 0 Å². The average molecular weight is 433 g/mol. The van der Waals surface area contributed by atoms with E-state index in [1.165, 1.54) is 23.4 Å². The Morgan fingerprint density at radius 2 is 1.88 bits per heavy atom. The number of amides is 1. The third-order valence-electron chi connectivity index (χ3n) is 6.56. The van der Waals surface area contributed by atoms with Gasteiger partial charge in [-0.25, -0.2) is 9.07 Å². The Balaban J connectivity index is 1.49. The number of likely N-dealkylation sites (N-methyl/N-ethyl adjacent to an activating group) is 1. The number of fused-ring (bicyclic) bond motifs is 1. The van der Waals surface area contributed by atoms with E-state index in [0.717, 1.165) is 56.8 Å². The number of aromatic nitrogens is 2. The molecule has 2 aromatic carbocycles. The van der Waals surface area contributed by atoms with Crippen LogP contribution in [-0.4, -0.2) is 45.1 Å². The maximum absolute atomic E-state index is 13.4. The van der Waals surface area contributed by atoms with Crippen LogP contribution in [0.1, 0.15) is 47.1 Å². The molecule has 1 aliphatic heterocycles. The molecule has 2 heterocycles. The summed E-state index contributed by atoms with van der Waals surface area (Å²) in [5, 5.41) is 5.02. The molecule has 5 nitrogen and oxygen atoms in total. The van der Waals surface area contributed by atoms with Crippen LogP contribution in [0.2, 0.25) is 0 Å². The molecule has 1 aromatic heterocycles. The fourth-order valence-electron chi connectivity index (χ4n) is 4.51. The number of hydrogen-bond acceptors (Lipinski definition) is 3. The molecule has 32 heavy (non-hydrogen) atoms. The van der Waals surface area contributed by atoms with E-state index in [1.807, 2.05) is 23.1 Å². The molecule has 3 aromatic rings. The Labute approximate surface area is 188 Å². The number of hydrogen-bond donors (Lipinski definition) is 0. The number of carbonyl (C=O) groups excluding carboxylic acids is 1. The van der Waals surface area contributed by atoms with Crippen molar-refractivity contribution in [3.8, 4) is 5.69 Å². The summed E-state index contributed by atoms with van der Waals surface area (Å²) in [6.45, 7) is 6.25. The van der Waals surface area contributed by atoms with Gasteiger partial charge in [-0.1, -0.05) is 25.1 Å². The largest absolute Gasteiger partial charge is 0.332 e. The second kappa shape index (κ2) is 8.87. The average Bonchev–Trinajstić information content (AvgIpc) is 3.58. The molecular weight excluding hydrogens is 403 g/mol. The van der Waals surface area contributed by atoms with Gasteiger partial charge >= 0.3 is 0 Å². The normalized spacial score (nSPS) is 16.1. The smallest absolute Gasteiger partial charge is 0.254 e. The minimum absolute atomic E-state index is 0.0527. The first-order valence-electron chi connectivity index (χ1n) is 11.5. The highest BCUT2D eigenvalue weighted by atomic mass is 19.1. The van der Waals surface area contributed by atoms with E-state index in [0.29, 0.717) is 18.0 Å².